The van der Waals surface area contributed by atoms with Crippen molar-refractivity contribution in [2.45, 2.75) is 12.2 Å². The van der Waals surface area contributed by atoms with Gasteiger partial charge < -0.3 is 29.7 Å². The molecule has 216 valence electrons. The van der Waals surface area contributed by atoms with Crippen molar-refractivity contribution >= 4 is 34.7 Å². The van der Waals surface area contributed by atoms with Gasteiger partial charge in [0.05, 0.1) is 36.4 Å². The van der Waals surface area contributed by atoms with Crippen LogP contribution in [0.5, 0.6) is 17.2 Å². The Morgan fingerprint density at radius 2 is 1.88 bits per heavy atom. The number of carbonyl (C=O) groups is 1. The molecule has 0 spiro atoms. The average Bonchev–Trinajstić information content (AvgIpc) is 2.93. The number of hydrogen-bond donors (Lipinski definition) is 2. The van der Waals surface area contributed by atoms with Crippen molar-refractivity contribution in [3.05, 3.63) is 64.8 Å². The van der Waals surface area contributed by atoms with Gasteiger partial charge in [0.1, 0.15) is 12.4 Å². The third-order valence-corrected chi connectivity index (χ3v) is 7.55. The minimum absolute atomic E-state index is 0.0368. The van der Waals surface area contributed by atoms with Crippen LogP contribution in [0.3, 0.4) is 0 Å². The van der Waals surface area contributed by atoms with Crippen LogP contribution in [0.25, 0.3) is 0 Å². The zero-order valence-electron chi connectivity index (χ0n) is 21.8. The molecule has 3 aromatic rings. The van der Waals surface area contributed by atoms with Gasteiger partial charge in [-0.2, -0.15) is 13.2 Å². The van der Waals surface area contributed by atoms with Crippen LogP contribution in [-0.2, 0) is 10.9 Å². The van der Waals surface area contributed by atoms with Gasteiger partial charge in [-0.25, -0.2) is 4.98 Å². The van der Waals surface area contributed by atoms with Gasteiger partial charge in [-0.15, -0.1) is 0 Å². The van der Waals surface area contributed by atoms with Crippen LogP contribution >= 0.6 is 11.6 Å². The Morgan fingerprint density at radius 1 is 1.07 bits per heavy atom. The molecule has 0 aliphatic carbocycles. The monoisotopic (exact) mass is 589 g/mol. The summed E-state index contributed by atoms with van der Waals surface area (Å²) in [6.07, 6.45) is -3.03. The van der Waals surface area contributed by atoms with Crippen LogP contribution in [0.15, 0.2) is 48.7 Å². The third-order valence-electron chi connectivity index (χ3n) is 7.24. The van der Waals surface area contributed by atoms with E-state index in [1.54, 1.807) is 18.3 Å². The lowest BCUT2D eigenvalue weighted by atomic mass is 10.1. The second-order valence-corrected chi connectivity index (χ2v) is 10.4. The number of rotatable bonds is 6. The smallest absolute Gasteiger partial charge is 0.416 e. The fraction of sp³-hybridized carbons (Fsp3) is 0.357. The summed E-state index contributed by atoms with van der Waals surface area (Å²) in [4.78, 5) is 21.6. The summed E-state index contributed by atoms with van der Waals surface area (Å²) in [5.74, 6) is 0.873. The second-order valence-electron chi connectivity index (χ2n) is 9.94. The number of aromatic nitrogens is 1. The molecule has 3 aliphatic heterocycles. The molecule has 41 heavy (non-hydrogen) atoms. The molecule has 0 bridgehead atoms. The van der Waals surface area contributed by atoms with Crippen LogP contribution in [0, 0.1) is 0 Å². The number of benzene rings is 2. The lowest BCUT2D eigenvalue weighted by Crippen LogP contribution is -2.56. The first-order valence-electron chi connectivity index (χ1n) is 13.2. The van der Waals surface area contributed by atoms with Crippen LogP contribution in [0.1, 0.15) is 15.9 Å². The van der Waals surface area contributed by atoms with E-state index in [4.69, 9.17) is 25.8 Å². The van der Waals surface area contributed by atoms with E-state index >= 15 is 0 Å². The minimum atomic E-state index is -4.58. The Labute approximate surface area is 239 Å². The molecule has 2 saturated heterocycles. The van der Waals surface area contributed by atoms with Crippen molar-refractivity contribution in [2.24, 2.45) is 0 Å². The van der Waals surface area contributed by atoms with Gasteiger partial charge in [-0.3, -0.25) is 9.69 Å². The Balaban J connectivity index is 1.21. The number of amides is 1. The first-order valence-corrected chi connectivity index (χ1v) is 13.6. The molecule has 6 rings (SSSR count). The number of nitrogens with one attached hydrogen (secondary N) is 2. The summed E-state index contributed by atoms with van der Waals surface area (Å²) in [6.45, 7) is 4.99. The molecule has 0 radical (unpaired) electrons. The molecule has 2 N–H and O–H groups in total. The SMILES string of the molecule is O=C(Nc1cc(N2CCN(C3COC3)CC2)cc(C(F)(F)F)c1)c1ccc(Cl)c(Oc2ccnc3c2OCCN3)c1. The van der Waals surface area contributed by atoms with E-state index in [0.29, 0.717) is 68.5 Å². The highest BCUT2D eigenvalue weighted by atomic mass is 35.5. The predicted octanol–water partition coefficient (Wildman–Crippen LogP) is 5.12. The number of alkyl halides is 3. The zero-order chi connectivity index (χ0) is 28.6. The van der Waals surface area contributed by atoms with E-state index < -0.39 is 17.6 Å². The highest BCUT2D eigenvalue weighted by Gasteiger charge is 2.33. The van der Waals surface area contributed by atoms with E-state index in [1.165, 1.54) is 18.2 Å². The van der Waals surface area contributed by atoms with Gasteiger partial charge in [0.25, 0.3) is 5.91 Å². The maximum atomic E-state index is 13.8. The molecule has 3 aliphatic rings. The zero-order valence-corrected chi connectivity index (χ0v) is 22.6. The number of carbonyl (C=O) groups excluding carboxylic acids is 1. The van der Waals surface area contributed by atoms with Crippen molar-refractivity contribution in [3.8, 4) is 17.2 Å². The molecule has 13 heteroatoms. The van der Waals surface area contributed by atoms with Crippen molar-refractivity contribution in [2.75, 3.05) is 68.1 Å². The van der Waals surface area contributed by atoms with Crippen LogP contribution in [0.2, 0.25) is 5.02 Å². The van der Waals surface area contributed by atoms with E-state index in [2.05, 4.69) is 20.5 Å². The highest BCUT2D eigenvalue weighted by molar-refractivity contribution is 6.32. The van der Waals surface area contributed by atoms with E-state index in [9.17, 15) is 18.0 Å². The van der Waals surface area contributed by atoms with Gasteiger partial charge in [0.15, 0.2) is 11.6 Å². The molecule has 0 atom stereocenters. The summed E-state index contributed by atoms with van der Waals surface area (Å²) >= 11 is 6.34. The summed E-state index contributed by atoms with van der Waals surface area (Å²) in [5, 5.41) is 5.97. The van der Waals surface area contributed by atoms with Crippen LogP contribution in [-0.4, -0.2) is 74.4 Å². The topological polar surface area (TPSA) is 88.2 Å². The number of halogens is 4. The maximum absolute atomic E-state index is 13.8. The Hall–Kier alpha value is -3.74. The summed E-state index contributed by atoms with van der Waals surface area (Å²) in [7, 11) is 0. The fourth-order valence-electron chi connectivity index (χ4n) is 4.95. The van der Waals surface area contributed by atoms with E-state index in [1.807, 2.05) is 4.90 Å². The predicted molar refractivity (Wildman–Crippen MR) is 148 cm³/mol. The fourth-order valence-corrected chi connectivity index (χ4v) is 5.11. The van der Waals surface area contributed by atoms with Gasteiger partial charge >= 0.3 is 6.18 Å². The first kappa shape index (κ1) is 27.4. The molecule has 0 saturated carbocycles. The summed E-state index contributed by atoms with van der Waals surface area (Å²) in [6, 6.07) is 10.00. The normalized spacial score (nSPS) is 17.6. The van der Waals surface area contributed by atoms with Crippen molar-refractivity contribution in [1.82, 2.24) is 9.88 Å². The van der Waals surface area contributed by atoms with Gasteiger partial charge in [0, 0.05) is 55.4 Å². The molecule has 9 nitrogen and oxygen atoms in total. The number of piperazine rings is 1. The molecular formula is C28H27ClF3N5O4. The standard InChI is InChI=1S/C28H27ClF3N5O4/c29-22-2-1-17(11-24(22)41-23-3-4-33-26-25(23)40-10-5-34-26)27(38)35-19-12-18(28(30,31)32)13-20(14-19)36-6-8-37(9-7-36)21-15-39-16-21/h1-4,11-14,21H,5-10,15-16H2,(H,33,34)(H,35,38). The second kappa shape index (κ2) is 11.3. The highest BCUT2D eigenvalue weighted by Crippen LogP contribution is 2.40. The number of ether oxygens (including phenoxy) is 3. The Kier molecular flexibility index (Phi) is 7.54. The van der Waals surface area contributed by atoms with Crippen LogP contribution in [0.4, 0.5) is 30.4 Å². The largest absolute Gasteiger partial charge is 0.485 e. The Bertz CT molecular complexity index is 1440. The Morgan fingerprint density at radius 3 is 2.61 bits per heavy atom. The van der Waals surface area contributed by atoms with Gasteiger partial charge in [-0.05, 0) is 36.4 Å². The number of pyridine rings is 1. The molecule has 2 fully saturated rings. The first-order chi connectivity index (χ1) is 19.7. The van der Waals surface area contributed by atoms with Crippen molar-refractivity contribution < 1.29 is 32.2 Å². The molecule has 4 heterocycles. The van der Waals surface area contributed by atoms with Crippen molar-refractivity contribution in [1.29, 1.82) is 0 Å². The number of hydrogen-bond acceptors (Lipinski definition) is 8. The van der Waals surface area contributed by atoms with Crippen LogP contribution < -0.4 is 25.0 Å². The summed E-state index contributed by atoms with van der Waals surface area (Å²) in [5.41, 5.74) is -0.247. The number of nitrogens with zero attached hydrogens (tertiary/aromatic N) is 3. The van der Waals surface area contributed by atoms with Gasteiger partial charge in [0.2, 0.25) is 5.75 Å². The molecule has 1 aromatic heterocycles. The summed E-state index contributed by atoms with van der Waals surface area (Å²) < 4.78 is 58.4. The molecule has 0 unspecified atom stereocenters. The molecular weight excluding hydrogens is 563 g/mol. The minimum Gasteiger partial charge on any atom is -0.485 e. The lowest BCUT2D eigenvalue weighted by molar-refractivity contribution is -0.137. The number of anilines is 3. The quantitative estimate of drug-likeness (QED) is 0.410. The molecule has 1 amide bonds. The maximum Gasteiger partial charge on any atom is 0.416 e. The molecule has 2 aromatic carbocycles. The van der Waals surface area contributed by atoms with Gasteiger partial charge in [-0.1, -0.05) is 11.6 Å². The van der Waals surface area contributed by atoms with E-state index in [0.717, 1.165) is 25.2 Å². The van der Waals surface area contributed by atoms with Crippen molar-refractivity contribution in [3.63, 3.8) is 0 Å². The average molecular weight is 590 g/mol. The lowest BCUT2D eigenvalue weighted by Gasteiger charge is -2.43. The number of fused-ring (bicyclic) bond motifs is 1. The van der Waals surface area contributed by atoms with E-state index in [-0.39, 0.29) is 22.0 Å². The third kappa shape index (κ3) is 5.99.